The van der Waals surface area contributed by atoms with E-state index in [9.17, 15) is 9.59 Å². The Balaban J connectivity index is 1.76. The fraction of sp³-hybridized carbons (Fsp3) is 0.231. The van der Waals surface area contributed by atoms with E-state index in [4.69, 9.17) is 29.7 Å². The number of anilines is 1. The lowest BCUT2D eigenvalue weighted by Gasteiger charge is -2.39. The Morgan fingerprint density at radius 3 is 2.50 bits per heavy atom. The van der Waals surface area contributed by atoms with Crippen LogP contribution in [0.15, 0.2) is 58.7 Å². The molecule has 1 saturated heterocycles. The summed E-state index contributed by atoms with van der Waals surface area (Å²) in [4.78, 5) is 36.5. The summed E-state index contributed by atoms with van der Waals surface area (Å²) >= 11 is 6.60. The van der Waals surface area contributed by atoms with E-state index in [-0.39, 0.29) is 0 Å². The van der Waals surface area contributed by atoms with Gasteiger partial charge in [0.05, 0.1) is 28.4 Å². The third-order valence-electron chi connectivity index (χ3n) is 6.11. The number of benzene rings is 2. The summed E-state index contributed by atoms with van der Waals surface area (Å²) in [6.07, 6.45) is 4.29. The number of carbonyl (C=O) groups excluding carboxylic acids is 2. The summed E-state index contributed by atoms with van der Waals surface area (Å²) in [5, 5.41) is 2.69. The van der Waals surface area contributed by atoms with Crippen LogP contribution in [0.25, 0.3) is 16.5 Å². The second-order valence-corrected chi connectivity index (χ2v) is 11.1. The van der Waals surface area contributed by atoms with E-state index in [0.717, 1.165) is 28.4 Å². The third-order valence-corrected chi connectivity index (χ3v) is 8.99. The molecule has 5 rings (SSSR count). The van der Waals surface area contributed by atoms with Crippen molar-refractivity contribution >= 4 is 61.5 Å². The Morgan fingerprint density at radius 2 is 1.83 bits per heavy atom. The summed E-state index contributed by atoms with van der Waals surface area (Å²) < 4.78 is 16.8. The lowest BCUT2D eigenvalue weighted by Crippen LogP contribution is -2.35. The molecule has 36 heavy (non-hydrogen) atoms. The first kappa shape index (κ1) is 24.1. The molecule has 2 aliphatic rings. The van der Waals surface area contributed by atoms with Crippen LogP contribution in [0.1, 0.15) is 31.4 Å². The number of hydrogen-bond acceptors (Lipinski definition) is 8. The zero-order valence-electron chi connectivity index (χ0n) is 20.2. The maximum atomic E-state index is 12.4. The van der Waals surface area contributed by atoms with Gasteiger partial charge in [-0.2, -0.15) is 0 Å². The maximum Gasteiger partial charge on any atom is 0.442 e. The molecule has 0 bridgehead atoms. The zero-order valence-corrected chi connectivity index (χ0v) is 21.8. The van der Waals surface area contributed by atoms with E-state index < -0.39 is 22.5 Å². The Kier molecular flexibility index (Phi) is 6.13. The van der Waals surface area contributed by atoms with Gasteiger partial charge in [-0.05, 0) is 60.7 Å². The smallest absolute Gasteiger partial charge is 0.442 e. The van der Waals surface area contributed by atoms with Gasteiger partial charge in [0.25, 0.3) is 0 Å². The van der Waals surface area contributed by atoms with Crippen LogP contribution < -0.4 is 9.64 Å². The Hall–Kier alpha value is -3.56. The molecule has 10 heteroatoms. The van der Waals surface area contributed by atoms with Crippen molar-refractivity contribution in [3.63, 3.8) is 0 Å². The van der Waals surface area contributed by atoms with Gasteiger partial charge in [0.2, 0.25) is 5.17 Å². The molecule has 2 aromatic carbocycles. The molecule has 3 aromatic rings. The highest BCUT2D eigenvalue weighted by atomic mass is 35.5. The largest absolute Gasteiger partial charge is 0.497 e. The monoisotopic (exact) mass is 525 g/mol. The molecule has 8 nitrogen and oxygen atoms in total. The molecule has 1 spiro atoms. The number of methoxy groups -OCH3 is 1. The highest BCUT2D eigenvalue weighted by Gasteiger charge is 2.53. The average molecular weight is 526 g/mol. The van der Waals surface area contributed by atoms with Crippen molar-refractivity contribution < 1.29 is 22.7 Å². The number of hydrogen-bond donors (Lipinski definition) is 0. The summed E-state index contributed by atoms with van der Waals surface area (Å²) in [6, 6.07) is 11.2. The lowest BCUT2D eigenvalue weighted by molar-refractivity contribution is -0.150. The first-order chi connectivity index (χ1) is 17.3. The number of rotatable bonds is 5. The van der Waals surface area contributed by atoms with Gasteiger partial charge >= 0.3 is 11.9 Å². The number of aliphatic imine (C=N–C) groups is 1. The number of nitrogens with zero attached hydrogens (tertiary/aromatic N) is 3. The van der Waals surface area contributed by atoms with Gasteiger partial charge in [-0.15, -0.1) is 0 Å². The van der Waals surface area contributed by atoms with Crippen LogP contribution in [0.2, 0.25) is 5.02 Å². The summed E-state index contributed by atoms with van der Waals surface area (Å²) in [5.74, 6) is -1.47. The SMILES string of the molecule is CCCN(C1=NC(c2ccc(OC)cc2Cl)=C(C)S12OC(=O)C(=O)O2)c1c(C)ccc2cnccc12. The molecular formula is C26H24ClN3O5S. The van der Waals surface area contributed by atoms with Gasteiger partial charge in [0.15, 0.2) is 0 Å². The van der Waals surface area contributed by atoms with Gasteiger partial charge in [-0.3, -0.25) is 4.98 Å². The summed E-state index contributed by atoms with van der Waals surface area (Å²) in [5.41, 5.74) is 2.99. The molecule has 0 unspecified atom stereocenters. The number of amidine groups is 1. The van der Waals surface area contributed by atoms with Crippen molar-refractivity contribution in [1.29, 1.82) is 0 Å². The van der Waals surface area contributed by atoms with Gasteiger partial charge in [-0.25, -0.2) is 14.6 Å². The third kappa shape index (κ3) is 3.70. The summed E-state index contributed by atoms with van der Waals surface area (Å²) in [6.45, 7) is 6.35. The fourth-order valence-electron chi connectivity index (χ4n) is 4.41. The molecule has 3 heterocycles. The minimum absolute atomic E-state index is 0.371. The van der Waals surface area contributed by atoms with Gasteiger partial charge in [-0.1, -0.05) is 30.7 Å². The number of carbonyl (C=O) groups is 2. The van der Waals surface area contributed by atoms with Crippen LogP contribution in [-0.2, 0) is 18.0 Å². The first-order valence-corrected chi connectivity index (χ1v) is 13.2. The molecule has 1 fully saturated rings. The summed E-state index contributed by atoms with van der Waals surface area (Å²) in [7, 11) is -1.42. The Labute approximate surface area is 215 Å². The molecule has 2 aliphatic heterocycles. The van der Waals surface area contributed by atoms with E-state index in [1.165, 1.54) is 0 Å². The zero-order chi connectivity index (χ0) is 25.6. The molecule has 0 radical (unpaired) electrons. The molecule has 0 atom stereocenters. The first-order valence-electron chi connectivity index (χ1n) is 11.4. The molecule has 0 N–H and O–H groups in total. The second-order valence-electron chi connectivity index (χ2n) is 8.37. The van der Waals surface area contributed by atoms with Crippen molar-refractivity contribution in [1.82, 2.24) is 4.98 Å². The van der Waals surface area contributed by atoms with Crippen molar-refractivity contribution in [2.24, 2.45) is 4.99 Å². The van der Waals surface area contributed by atoms with Crippen LogP contribution in [-0.4, -0.2) is 35.7 Å². The number of fused-ring (bicyclic) bond motifs is 1. The van der Waals surface area contributed by atoms with Crippen molar-refractivity contribution in [3.05, 3.63) is 69.8 Å². The van der Waals surface area contributed by atoms with Gasteiger partial charge in [0.1, 0.15) is 5.75 Å². The minimum atomic E-state index is -2.98. The van der Waals surface area contributed by atoms with Crippen LogP contribution >= 0.6 is 22.2 Å². The van der Waals surface area contributed by atoms with Crippen LogP contribution in [0.5, 0.6) is 5.75 Å². The lowest BCUT2D eigenvalue weighted by atomic mass is 10.1. The predicted octanol–water partition coefficient (Wildman–Crippen LogP) is 5.91. The molecule has 1 aromatic heterocycles. The average Bonchev–Trinajstić information content (AvgIpc) is 3.32. The van der Waals surface area contributed by atoms with Crippen molar-refractivity contribution in [2.75, 3.05) is 18.6 Å². The van der Waals surface area contributed by atoms with Gasteiger partial charge in [0, 0.05) is 35.3 Å². The molecular weight excluding hydrogens is 502 g/mol. The van der Waals surface area contributed by atoms with E-state index in [2.05, 4.69) is 4.98 Å². The molecule has 0 amide bonds. The van der Waals surface area contributed by atoms with E-state index in [1.54, 1.807) is 44.6 Å². The highest BCUT2D eigenvalue weighted by Crippen LogP contribution is 2.68. The predicted molar refractivity (Wildman–Crippen MR) is 142 cm³/mol. The Morgan fingerprint density at radius 1 is 1.08 bits per heavy atom. The number of pyridine rings is 1. The van der Waals surface area contributed by atoms with Gasteiger partial charge < -0.3 is 18.0 Å². The number of ether oxygens (including phenoxy) is 1. The van der Waals surface area contributed by atoms with E-state index in [0.29, 0.717) is 38.7 Å². The van der Waals surface area contributed by atoms with Crippen molar-refractivity contribution in [2.45, 2.75) is 27.2 Å². The topological polar surface area (TPSA) is 90.3 Å². The highest BCUT2D eigenvalue weighted by molar-refractivity contribution is 8.42. The number of allylic oxidation sites excluding steroid dienone is 1. The van der Waals surface area contributed by atoms with Crippen molar-refractivity contribution in [3.8, 4) is 5.75 Å². The minimum Gasteiger partial charge on any atom is -0.497 e. The number of aryl methyl sites for hydroxylation is 1. The normalized spacial score (nSPS) is 17.3. The molecule has 186 valence electrons. The number of aromatic nitrogens is 1. The molecule has 0 saturated carbocycles. The molecule has 0 aliphatic carbocycles. The quantitative estimate of drug-likeness (QED) is 0.382. The standard InChI is InChI=1S/C26H24ClN3O5S/c1-5-12-30(23-15(2)6-7-17-14-28-11-10-19(17)23)26-29-22(20-9-8-18(33-4)13-21(20)27)16(3)36(26)34-24(31)25(32)35-36/h6-11,13-14H,5,12H2,1-4H3. The van der Waals surface area contributed by atoms with Crippen LogP contribution in [0.3, 0.4) is 0 Å². The van der Waals surface area contributed by atoms with E-state index in [1.807, 2.05) is 36.9 Å². The number of halogens is 1. The second kappa shape index (κ2) is 9.15. The Bertz CT molecular complexity index is 1470. The van der Waals surface area contributed by atoms with Crippen LogP contribution in [0, 0.1) is 6.92 Å². The fourth-order valence-corrected chi connectivity index (χ4v) is 7.04. The van der Waals surface area contributed by atoms with Crippen LogP contribution in [0.4, 0.5) is 5.69 Å². The van der Waals surface area contributed by atoms with E-state index >= 15 is 0 Å². The maximum absolute atomic E-state index is 12.4.